The van der Waals surface area contributed by atoms with Gasteiger partial charge in [0.15, 0.2) is 0 Å². The molecule has 0 bridgehead atoms. The molecule has 1 aromatic heterocycles. The topological polar surface area (TPSA) is 90.2 Å². The van der Waals surface area contributed by atoms with Crippen molar-refractivity contribution >= 4 is 11.6 Å². The van der Waals surface area contributed by atoms with Crippen LogP contribution in [0.1, 0.15) is 11.3 Å². The monoisotopic (exact) mass is 336 g/mol. The number of hydrogen-bond donors (Lipinski definition) is 1. The van der Waals surface area contributed by atoms with Gasteiger partial charge >= 0.3 is 0 Å². The van der Waals surface area contributed by atoms with Crippen molar-refractivity contribution < 1.29 is 9.66 Å². The summed E-state index contributed by atoms with van der Waals surface area (Å²) >= 11 is 0. The van der Waals surface area contributed by atoms with Crippen molar-refractivity contribution in [3.05, 3.63) is 82.0 Å². The molecule has 0 fully saturated rings. The van der Waals surface area contributed by atoms with E-state index >= 15 is 0 Å². The van der Waals surface area contributed by atoms with Crippen molar-refractivity contribution in [1.82, 2.24) is 9.97 Å². The van der Waals surface area contributed by atoms with Crippen LogP contribution in [0.25, 0.3) is 0 Å². The van der Waals surface area contributed by atoms with Gasteiger partial charge in [0.05, 0.1) is 4.92 Å². The van der Waals surface area contributed by atoms with Crippen LogP contribution in [0.2, 0.25) is 0 Å². The third-order valence-electron chi connectivity index (χ3n) is 3.39. The quantitative estimate of drug-likeness (QED) is 0.538. The summed E-state index contributed by atoms with van der Waals surface area (Å²) in [6.07, 6.45) is 0. The van der Waals surface area contributed by atoms with Crippen LogP contribution in [0.5, 0.6) is 11.6 Å². The lowest BCUT2D eigenvalue weighted by molar-refractivity contribution is -0.384. The molecule has 0 saturated carbocycles. The number of non-ortho nitro benzene ring substituents is 1. The van der Waals surface area contributed by atoms with E-state index < -0.39 is 4.92 Å². The van der Waals surface area contributed by atoms with E-state index in [2.05, 4.69) is 15.3 Å². The maximum Gasteiger partial charge on any atom is 0.269 e. The lowest BCUT2D eigenvalue weighted by Gasteiger charge is -2.09. The molecule has 0 radical (unpaired) electrons. The first-order chi connectivity index (χ1) is 12.1. The van der Waals surface area contributed by atoms with Crippen LogP contribution >= 0.6 is 0 Å². The number of benzene rings is 2. The molecule has 3 rings (SSSR count). The number of nitro benzene ring substituents is 1. The number of ether oxygens (including phenoxy) is 1. The van der Waals surface area contributed by atoms with Crippen LogP contribution in [0.3, 0.4) is 0 Å². The molecule has 0 amide bonds. The molecule has 0 aliphatic heterocycles. The number of aryl methyl sites for hydroxylation is 1. The predicted molar refractivity (Wildman–Crippen MR) is 93.7 cm³/mol. The zero-order chi connectivity index (χ0) is 17.6. The van der Waals surface area contributed by atoms with Crippen molar-refractivity contribution in [2.75, 3.05) is 5.32 Å². The first-order valence-electron chi connectivity index (χ1n) is 7.66. The largest absolute Gasteiger partial charge is 0.439 e. The molecule has 0 spiro atoms. The third kappa shape index (κ3) is 4.51. The lowest BCUT2D eigenvalue weighted by atomic mass is 10.2. The van der Waals surface area contributed by atoms with Crippen LogP contribution in [-0.2, 0) is 6.54 Å². The van der Waals surface area contributed by atoms with Gasteiger partial charge in [0.25, 0.3) is 5.69 Å². The van der Waals surface area contributed by atoms with E-state index in [1.165, 1.54) is 24.3 Å². The summed E-state index contributed by atoms with van der Waals surface area (Å²) in [5.41, 5.74) is 1.88. The SMILES string of the molecule is Cc1cc(Oc2ccc([N+](=O)[O-])cc2)nc(NCc2ccccc2)n1. The number of nitrogens with one attached hydrogen (secondary N) is 1. The highest BCUT2D eigenvalue weighted by Gasteiger charge is 2.07. The number of aromatic nitrogens is 2. The zero-order valence-corrected chi connectivity index (χ0v) is 13.5. The molecular formula is C18H16N4O3. The fraction of sp³-hybridized carbons (Fsp3) is 0.111. The molecule has 0 aliphatic rings. The summed E-state index contributed by atoms with van der Waals surface area (Å²) in [7, 11) is 0. The Labute approximate surface area is 144 Å². The van der Waals surface area contributed by atoms with Crippen molar-refractivity contribution in [3.8, 4) is 11.6 Å². The highest BCUT2D eigenvalue weighted by atomic mass is 16.6. The van der Waals surface area contributed by atoms with E-state index in [1.807, 2.05) is 37.3 Å². The third-order valence-corrected chi connectivity index (χ3v) is 3.39. The number of nitrogens with zero attached hydrogens (tertiary/aromatic N) is 3. The van der Waals surface area contributed by atoms with Crippen molar-refractivity contribution in [3.63, 3.8) is 0 Å². The number of rotatable bonds is 6. The van der Waals surface area contributed by atoms with Crippen molar-refractivity contribution in [2.45, 2.75) is 13.5 Å². The van der Waals surface area contributed by atoms with E-state index in [0.29, 0.717) is 24.1 Å². The minimum atomic E-state index is -0.454. The Morgan fingerprint density at radius 1 is 1.08 bits per heavy atom. The molecule has 126 valence electrons. The summed E-state index contributed by atoms with van der Waals surface area (Å²) in [5.74, 6) is 1.30. The highest BCUT2D eigenvalue weighted by molar-refractivity contribution is 5.39. The molecule has 1 N–H and O–H groups in total. The Morgan fingerprint density at radius 2 is 1.80 bits per heavy atom. The van der Waals surface area contributed by atoms with E-state index in [4.69, 9.17) is 4.74 Å². The lowest BCUT2D eigenvalue weighted by Crippen LogP contribution is -2.05. The standard InChI is InChI=1S/C18H16N4O3/c1-13-11-17(25-16-9-7-15(8-10-16)22(23)24)21-18(20-13)19-12-14-5-3-2-4-6-14/h2-11H,12H2,1H3,(H,19,20,21). The van der Waals surface area contributed by atoms with Gasteiger partial charge in [0, 0.05) is 30.4 Å². The second-order valence-corrected chi connectivity index (χ2v) is 5.36. The molecule has 3 aromatic rings. The van der Waals surface area contributed by atoms with E-state index in [0.717, 1.165) is 11.3 Å². The first kappa shape index (κ1) is 16.4. The second-order valence-electron chi connectivity index (χ2n) is 5.36. The molecule has 1 heterocycles. The Kier molecular flexibility index (Phi) is 4.84. The Morgan fingerprint density at radius 3 is 2.48 bits per heavy atom. The van der Waals surface area contributed by atoms with Gasteiger partial charge < -0.3 is 10.1 Å². The Balaban J connectivity index is 1.71. The predicted octanol–water partition coefficient (Wildman–Crippen LogP) is 4.10. The summed E-state index contributed by atoms with van der Waals surface area (Å²) in [4.78, 5) is 18.9. The average molecular weight is 336 g/mol. The van der Waals surface area contributed by atoms with E-state index in [1.54, 1.807) is 6.07 Å². The van der Waals surface area contributed by atoms with Gasteiger partial charge in [0.1, 0.15) is 5.75 Å². The summed E-state index contributed by atoms with van der Waals surface area (Å²) < 4.78 is 5.67. The smallest absolute Gasteiger partial charge is 0.269 e. The Bertz CT molecular complexity index is 867. The fourth-order valence-corrected chi connectivity index (χ4v) is 2.20. The minimum Gasteiger partial charge on any atom is -0.439 e. The van der Waals surface area contributed by atoms with Gasteiger partial charge in [-0.25, -0.2) is 4.98 Å². The number of nitro groups is 1. The van der Waals surface area contributed by atoms with Crippen LogP contribution in [0, 0.1) is 17.0 Å². The van der Waals surface area contributed by atoms with Gasteiger partial charge in [-0.05, 0) is 24.6 Å². The molecule has 7 heteroatoms. The van der Waals surface area contributed by atoms with Crippen molar-refractivity contribution in [1.29, 1.82) is 0 Å². The molecule has 0 unspecified atom stereocenters. The van der Waals surface area contributed by atoms with E-state index in [9.17, 15) is 10.1 Å². The van der Waals surface area contributed by atoms with Gasteiger partial charge in [0.2, 0.25) is 11.8 Å². The molecule has 0 atom stereocenters. The van der Waals surface area contributed by atoms with Crippen LogP contribution in [0.15, 0.2) is 60.7 Å². The van der Waals surface area contributed by atoms with Crippen LogP contribution < -0.4 is 10.1 Å². The second kappa shape index (κ2) is 7.39. The van der Waals surface area contributed by atoms with Crippen LogP contribution in [-0.4, -0.2) is 14.9 Å². The summed E-state index contributed by atoms with van der Waals surface area (Å²) in [6.45, 7) is 2.44. The molecule has 2 aromatic carbocycles. The van der Waals surface area contributed by atoms with Crippen molar-refractivity contribution in [2.24, 2.45) is 0 Å². The maximum atomic E-state index is 10.7. The van der Waals surface area contributed by atoms with E-state index in [-0.39, 0.29) is 5.69 Å². The average Bonchev–Trinajstić information content (AvgIpc) is 2.61. The van der Waals surface area contributed by atoms with Gasteiger partial charge in [-0.3, -0.25) is 10.1 Å². The first-order valence-corrected chi connectivity index (χ1v) is 7.66. The minimum absolute atomic E-state index is 0.0106. The normalized spacial score (nSPS) is 10.3. The van der Waals surface area contributed by atoms with Gasteiger partial charge in [-0.2, -0.15) is 4.98 Å². The summed E-state index contributed by atoms with van der Waals surface area (Å²) in [6, 6.07) is 17.5. The maximum absolute atomic E-state index is 10.7. The molecule has 25 heavy (non-hydrogen) atoms. The zero-order valence-electron chi connectivity index (χ0n) is 13.5. The molecule has 0 aliphatic carbocycles. The number of anilines is 1. The fourth-order valence-electron chi connectivity index (χ4n) is 2.20. The summed E-state index contributed by atoms with van der Waals surface area (Å²) in [5, 5.41) is 13.8. The molecular weight excluding hydrogens is 320 g/mol. The van der Waals surface area contributed by atoms with Gasteiger partial charge in [-0.1, -0.05) is 30.3 Å². The van der Waals surface area contributed by atoms with Crippen LogP contribution in [0.4, 0.5) is 11.6 Å². The molecule has 7 nitrogen and oxygen atoms in total. The highest BCUT2D eigenvalue weighted by Crippen LogP contribution is 2.23. The molecule has 0 saturated heterocycles. The Hall–Kier alpha value is -3.48. The van der Waals surface area contributed by atoms with Gasteiger partial charge in [-0.15, -0.1) is 0 Å². The number of hydrogen-bond acceptors (Lipinski definition) is 6.